The molecule has 136 valence electrons. The molecular weight excluding hydrogens is 288 g/mol. The van der Waals surface area contributed by atoms with E-state index in [1.165, 1.54) is 0 Å². The summed E-state index contributed by atoms with van der Waals surface area (Å²) in [6.45, 7) is 18.9. The second-order valence-corrected chi connectivity index (χ2v) is 8.32. The molecule has 0 N–H and O–H groups in total. The lowest BCUT2D eigenvalue weighted by Crippen LogP contribution is -2.49. The maximum absolute atomic E-state index is 6.25. The van der Waals surface area contributed by atoms with Crippen LogP contribution in [0.2, 0.25) is 0 Å². The van der Waals surface area contributed by atoms with Crippen LogP contribution in [0.15, 0.2) is 0 Å². The first kappa shape index (κ1) is 19.2. The van der Waals surface area contributed by atoms with E-state index in [0.717, 1.165) is 6.42 Å². The first-order valence-corrected chi connectivity index (χ1v) is 9.70. The summed E-state index contributed by atoms with van der Waals surface area (Å²) in [7, 11) is 0. The lowest BCUT2D eigenvalue weighted by Gasteiger charge is -2.45. The maximum atomic E-state index is 6.25. The van der Waals surface area contributed by atoms with Crippen molar-refractivity contribution in [1.29, 1.82) is 0 Å². The first-order valence-electron chi connectivity index (χ1n) is 9.70. The van der Waals surface area contributed by atoms with E-state index in [0.29, 0.717) is 54.3 Å². The summed E-state index contributed by atoms with van der Waals surface area (Å²) in [5, 5.41) is 0. The van der Waals surface area contributed by atoms with Crippen LogP contribution in [0.3, 0.4) is 0 Å². The van der Waals surface area contributed by atoms with Crippen LogP contribution in [-0.4, -0.2) is 31.2 Å². The van der Waals surface area contributed by atoms with Crippen molar-refractivity contribution in [3.05, 3.63) is 0 Å². The van der Waals surface area contributed by atoms with Gasteiger partial charge in [0.2, 0.25) is 0 Å². The maximum Gasteiger partial charge on any atom is 0.160 e. The highest BCUT2D eigenvalue weighted by Gasteiger charge is 2.41. The average Bonchev–Trinajstić information content (AvgIpc) is 2.54. The fraction of sp³-hybridized carbons (Fsp3) is 1.00. The SMILES string of the molecule is CCC1O[C@@H](OCC2O[C@@H](C)[C@H](C)C(C)[C@@H]2C)[C@@H](C)C(C)[C@@H]1C. The number of hydrogen-bond acceptors (Lipinski definition) is 3. The number of rotatable bonds is 4. The Morgan fingerprint density at radius 1 is 0.652 bits per heavy atom. The lowest BCUT2D eigenvalue weighted by atomic mass is 9.77. The molecule has 0 aromatic heterocycles. The smallest absolute Gasteiger partial charge is 0.160 e. The van der Waals surface area contributed by atoms with E-state index in [-0.39, 0.29) is 12.4 Å². The topological polar surface area (TPSA) is 27.7 Å². The summed E-state index contributed by atoms with van der Waals surface area (Å²) in [6.07, 6.45) is 1.77. The Balaban J connectivity index is 1.94. The molecule has 2 aliphatic heterocycles. The molecule has 0 saturated carbocycles. The molecule has 0 aliphatic carbocycles. The summed E-state index contributed by atoms with van der Waals surface area (Å²) < 4.78 is 18.7. The minimum absolute atomic E-state index is 0.0908. The van der Waals surface area contributed by atoms with E-state index < -0.39 is 0 Å². The van der Waals surface area contributed by atoms with Crippen molar-refractivity contribution in [2.75, 3.05) is 6.61 Å². The van der Waals surface area contributed by atoms with Gasteiger partial charge in [-0.1, -0.05) is 48.5 Å². The molecule has 0 radical (unpaired) electrons. The van der Waals surface area contributed by atoms with E-state index in [1.807, 2.05) is 0 Å². The summed E-state index contributed by atoms with van der Waals surface area (Å²) in [5.74, 6) is 3.46. The molecule has 2 rings (SSSR count). The minimum Gasteiger partial charge on any atom is -0.372 e. The van der Waals surface area contributed by atoms with Crippen LogP contribution in [-0.2, 0) is 14.2 Å². The molecule has 2 saturated heterocycles. The molecule has 3 nitrogen and oxygen atoms in total. The van der Waals surface area contributed by atoms with Gasteiger partial charge in [-0.05, 0) is 42.9 Å². The second kappa shape index (κ2) is 7.84. The molecule has 2 fully saturated rings. The molecule has 0 bridgehead atoms. The van der Waals surface area contributed by atoms with Gasteiger partial charge in [0.1, 0.15) is 0 Å². The highest BCUT2D eigenvalue weighted by atomic mass is 16.7. The fourth-order valence-electron chi connectivity index (χ4n) is 4.29. The van der Waals surface area contributed by atoms with Gasteiger partial charge in [0.05, 0.1) is 24.9 Å². The zero-order chi connectivity index (χ0) is 17.3. The summed E-state index contributed by atoms with van der Waals surface area (Å²) in [6, 6.07) is 0. The average molecular weight is 327 g/mol. The molecular formula is C20H38O3. The summed E-state index contributed by atoms with van der Waals surface area (Å²) in [5.41, 5.74) is 0. The van der Waals surface area contributed by atoms with Crippen molar-refractivity contribution < 1.29 is 14.2 Å². The highest BCUT2D eigenvalue weighted by Crippen LogP contribution is 2.38. The first-order chi connectivity index (χ1) is 10.8. The van der Waals surface area contributed by atoms with Crippen molar-refractivity contribution in [3.63, 3.8) is 0 Å². The van der Waals surface area contributed by atoms with Crippen molar-refractivity contribution >= 4 is 0 Å². The van der Waals surface area contributed by atoms with Gasteiger partial charge in [-0.3, -0.25) is 0 Å². The third-order valence-electron chi connectivity index (χ3n) is 7.19. The third kappa shape index (κ3) is 3.93. The molecule has 0 spiro atoms. The zero-order valence-corrected chi connectivity index (χ0v) is 16.4. The predicted octanol–water partition coefficient (Wildman–Crippen LogP) is 4.74. The number of ether oxygens (including phenoxy) is 3. The third-order valence-corrected chi connectivity index (χ3v) is 7.19. The van der Waals surface area contributed by atoms with E-state index >= 15 is 0 Å². The molecule has 2 aliphatic rings. The second-order valence-electron chi connectivity index (χ2n) is 8.32. The van der Waals surface area contributed by atoms with Crippen LogP contribution < -0.4 is 0 Å². The van der Waals surface area contributed by atoms with Crippen molar-refractivity contribution in [1.82, 2.24) is 0 Å². The lowest BCUT2D eigenvalue weighted by molar-refractivity contribution is -0.265. The molecule has 10 atom stereocenters. The molecule has 3 heteroatoms. The van der Waals surface area contributed by atoms with Crippen LogP contribution in [0.5, 0.6) is 0 Å². The van der Waals surface area contributed by atoms with Gasteiger partial charge in [-0.25, -0.2) is 0 Å². The van der Waals surface area contributed by atoms with Crippen molar-refractivity contribution in [2.24, 2.45) is 35.5 Å². The summed E-state index contributed by atoms with van der Waals surface area (Å²) >= 11 is 0. The van der Waals surface area contributed by atoms with Crippen LogP contribution in [0.25, 0.3) is 0 Å². The van der Waals surface area contributed by atoms with Crippen molar-refractivity contribution in [3.8, 4) is 0 Å². The quantitative estimate of drug-likeness (QED) is 0.746. The van der Waals surface area contributed by atoms with E-state index in [9.17, 15) is 0 Å². The fourth-order valence-corrected chi connectivity index (χ4v) is 4.29. The molecule has 23 heavy (non-hydrogen) atoms. The van der Waals surface area contributed by atoms with E-state index in [4.69, 9.17) is 14.2 Å². The van der Waals surface area contributed by atoms with E-state index in [2.05, 4.69) is 55.4 Å². The highest BCUT2D eigenvalue weighted by molar-refractivity contribution is 4.85. The Labute approximate surface area is 143 Å². The van der Waals surface area contributed by atoms with Gasteiger partial charge in [0, 0.05) is 5.92 Å². The Morgan fingerprint density at radius 2 is 1.22 bits per heavy atom. The monoisotopic (exact) mass is 326 g/mol. The van der Waals surface area contributed by atoms with Gasteiger partial charge in [0.25, 0.3) is 0 Å². The molecule has 4 unspecified atom stereocenters. The van der Waals surface area contributed by atoms with Gasteiger partial charge in [-0.15, -0.1) is 0 Å². The Kier molecular flexibility index (Phi) is 6.55. The standard InChI is InChI=1S/C20H38O3/c1-9-18-14(5)12(3)16(7)20(23-18)21-10-19-15(6)11(2)13(4)17(8)22-19/h11-20H,9-10H2,1-8H3/t11?,12?,13-,14+,15+,16+,17+,18?,19?,20-/m1/s1. The van der Waals surface area contributed by atoms with Crippen LogP contribution in [0, 0.1) is 35.5 Å². The summed E-state index contributed by atoms with van der Waals surface area (Å²) in [4.78, 5) is 0. The van der Waals surface area contributed by atoms with Crippen LogP contribution >= 0.6 is 0 Å². The minimum atomic E-state index is -0.0908. The normalized spacial score (nSPS) is 51.7. The largest absolute Gasteiger partial charge is 0.372 e. The van der Waals surface area contributed by atoms with Gasteiger partial charge in [0.15, 0.2) is 6.29 Å². The zero-order valence-electron chi connectivity index (χ0n) is 16.4. The van der Waals surface area contributed by atoms with Gasteiger partial charge < -0.3 is 14.2 Å². The molecule has 0 aromatic carbocycles. The van der Waals surface area contributed by atoms with Crippen LogP contribution in [0.1, 0.15) is 61.8 Å². The Morgan fingerprint density at radius 3 is 1.83 bits per heavy atom. The predicted molar refractivity (Wildman–Crippen MR) is 94.2 cm³/mol. The van der Waals surface area contributed by atoms with E-state index in [1.54, 1.807) is 0 Å². The van der Waals surface area contributed by atoms with Gasteiger partial charge in [-0.2, -0.15) is 0 Å². The van der Waals surface area contributed by atoms with Crippen LogP contribution in [0.4, 0.5) is 0 Å². The molecule has 0 aromatic rings. The van der Waals surface area contributed by atoms with Crippen molar-refractivity contribution in [2.45, 2.75) is 86.4 Å². The van der Waals surface area contributed by atoms with Gasteiger partial charge >= 0.3 is 0 Å². The Bertz CT molecular complexity index is 370. The number of hydrogen-bond donors (Lipinski definition) is 0. The Hall–Kier alpha value is -0.120. The molecule has 2 heterocycles. The molecule has 0 amide bonds.